The lowest BCUT2D eigenvalue weighted by Crippen LogP contribution is -2.15. The number of carboxylic acids is 1. The summed E-state index contributed by atoms with van der Waals surface area (Å²) in [5.74, 6) is -1.81. The molecule has 0 aromatic rings. The maximum absolute atomic E-state index is 10.3. The van der Waals surface area contributed by atoms with Crippen LogP contribution >= 0.6 is 0 Å². The first kappa shape index (κ1) is 8.68. The van der Waals surface area contributed by atoms with E-state index in [4.69, 9.17) is 10.8 Å². The molecule has 0 aliphatic carbocycles. The number of hydrogen-bond acceptors (Lipinski definition) is 2. The zero-order valence-corrected chi connectivity index (χ0v) is 5.84. The fourth-order valence-corrected chi connectivity index (χ4v) is 0.345. The summed E-state index contributed by atoms with van der Waals surface area (Å²) in [6.07, 6.45) is 0. The number of carbonyl (C=O) groups is 2. The molecule has 0 rings (SSSR count). The van der Waals surface area contributed by atoms with Gasteiger partial charge in [0.15, 0.2) is 0 Å². The van der Waals surface area contributed by atoms with Gasteiger partial charge in [0.2, 0.25) is 5.91 Å². The SMILES string of the molecule is C/C(C(N)=O)=C(\C)C(=O)O. The maximum Gasteiger partial charge on any atom is 0.331 e. The number of primary amides is 1. The lowest BCUT2D eigenvalue weighted by Gasteiger charge is -1.96. The summed E-state index contributed by atoms with van der Waals surface area (Å²) in [5, 5.41) is 8.34. The Morgan fingerprint density at radius 1 is 1.20 bits per heavy atom. The summed E-state index contributed by atoms with van der Waals surface area (Å²) in [6, 6.07) is 0. The standard InChI is InChI=1S/C6H9NO3/c1-3(5(7)8)4(2)6(9)10/h1-2H3,(H2,7,8)(H,9,10)/b4-3-. The third kappa shape index (κ3) is 1.89. The van der Waals surface area contributed by atoms with Crippen LogP contribution in [0, 0.1) is 0 Å². The van der Waals surface area contributed by atoms with Gasteiger partial charge in [-0.15, -0.1) is 0 Å². The first-order chi connectivity index (χ1) is 4.46. The Morgan fingerprint density at radius 2 is 1.60 bits per heavy atom. The lowest BCUT2D eigenvalue weighted by atomic mass is 10.1. The average molecular weight is 143 g/mol. The Kier molecular flexibility index (Phi) is 2.61. The number of carboxylic acid groups (broad SMARTS) is 1. The highest BCUT2D eigenvalue weighted by molar-refractivity contribution is 6.00. The third-order valence-corrected chi connectivity index (χ3v) is 1.25. The molecule has 0 spiro atoms. The fourth-order valence-electron chi connectivity index (χ4n) is 0.345. The highest BCUT2D eigenvalue weighted by Crippen LogP contribution is 2.01. The largest absolute Gasteiger partial charge is 0.478 e. The monoisotopic (exact) mass is 143 g/mol. The summed E-state index contributed by atoms with van der Waals surface area (Å²) >= 11 is 0. The van der Waals surface area contributed by atoms with Crippen molar-refractivity contribution in [2.45, 2.75) is 13.8 Å². The van der Waals surface area contributed by atoms with Gasteiger partial charge in [0, 0.05) is 11.1 Å². The van der Waals surface area contributed by atoms with Gasteiger partial charge in [-0.3, -0.25) is 4.79 Å². The molecule has 10 heavy (non-hydrogen) atoms. The first-order valence-corrected chi connectivity index (χ1v) is 2.67. The average Bonchev–Trinajstić information content (AvgIpc) is 1.84. The molecule has 3 N–H and O–H groups in total. The number of rotatable bonds is 2. The van der Waals surface area contributed by atoms with Gasteiger partial charge in [0.05, 0.1) is 0 Å². The van der Waals surface area contributed by atoms with Gasteiger partial charge >= 0.3 is 5.97 Å². The van der Waals surface area contributed by atoms with Gasteiger partial charge in [0.1, 0.15) is 0 Å². The molecule has 0 aromatic carbocycles. The van der Waals surface area contributed by atoms with E-state index in [1.165, 1.54) is 13.8 Å². The molecule has 56 valence electrons. The van der Waals surface area contributed by atoms with E-state index in [1.54, 1.807) is 0 Å². The molecule has 0 saturated heterocycles. The van der Waals surface area contributed by atoms with Crippen LogP contribution in [0.3, 0.4) is 0 Å². The van der Waals surface area contributed by atoms with Crippen molar-refractivity contribution in [2.24, 2.45) is 5.73 Å². The van der Waals surface area contributed by atoms with Crippen molar-refractivity contribution in [3.63, 3.8) is 0 Å². The van der Waals surface area contributed by atoms with Crippen LogP contribution in [0.5, 0.6) is 0 Å². The van der Waals surface area contributed by atoms with Gasteiger partial charge in [-0.25, -0.2) is 4.79 Å². The Labute approximate surface area is 58.3 Å². The summed E-state index contributed by atoms with van der Waals surface area (Å²) in [4.78, 5) is 20.5. The second kappa shape index (κ2) is 3.00. The second-order valence-electron chi connectivity index (χ2n) is 1.92. The smallest absolute Gasteiger partial charge is 0.331 e. The molecular weight excluding hydrogens is 134 g/mol. The molecule has 4 nitrogen and oxygen atoms in total. The Morgan fingerprint density at radius 3 is 1.70 bits per heavy atom. The molecule has 4 heteroatoms. The van der Waals surface area contributed by atoms with Gasteiger partial charge in [-0.05, 0) is 13.8 Å². The summed E-state index contributed by atoms with van der Waals surface area (Å²) in [5.41, 5.74) is 4.90. The minimum Gasteiger partial charge on any atom is -0.478 e. The number of aliphatic carboxylic acids is 1. The van der Waals surface area contributed by atoms with Crippen molar-refractivity contribution in [2.75, 3.05) is 0 Å². The summed E-state index contributed by atoms with van der Waals surface area (Å²) in [6.45, 7) is 2.72. The van der Waals surface area contributed by atoms with E-state index in [0.717, 1.165) is 0 Å². The molecular formula is C6H9NO3. The first-order valence-electron chi connectivity index (χ1n) is 2.67. The Bertz CT molecular complexity index is 183. The normalized spacial score (nSPS) is 12.2. The van der Waals surface area contributed by atoms with Crippen molar-refractivity contribution in [3.8, 4) is 0 Å². The Balaban J connectivity index is 4.67. The van der Waals surface area contributed by atoms with E-state index in [1.807, 2.05) is 0 Å². The van der Waals surface area contributed by atoms with E-state index in [9.17, 15) is 9.59 Å². The molecule has 0 fully saturated rings. The van der Waals surface area contributed by atoms with Gasteiger partial charge in [-0.1, -0.05) is 0 Å². The van der Waals surface area contributed by atoms with E-state index in [-0.39, 0.29) is 11.1 Å². The van der Waals surface area contributed by atoms with Gasteiger partial charge in [-0.2, -0.15) is 0 Å². The zero-order valence-electron chi connectivity index (χ0n) is 5.84. The molecule has 0 bridgehead atoms. The van der Waals surface area contributed by atoms with Crippen LogP contribution in [0.1, 0.15) is 13.8 Å². The predicted molar refractivity (Wildman–Crippen MR) is 35.2 cm³/mol. The number of hydrogen-bond donors (Lipinski definition) is 2. The topological polar surface area (TPSA) is 80.4 Å². The number of amides is 1. The minimum absolute atomic E-state index is 0.00694. The summed E-state index contributed by atoms with van der Waals surface area (Å²) < 4.78 is 0. The molecule has 0 saturated carbocycles. The highest BCUT2D eigenvalue weighted by atomic mass is 16.4. The molecule has 0 radical (unpaired) electrons. The minimum atomic E-state index is -1.11. The van der Waals surface area contributed by atoms with Crippen LogP contribution in [-0.4, -0.2) is 17.0 Å². The second-order valence-corrected chi connectivity index (χ2v) is 1.92. The van der Waals surface area contributed by atoms with Crippen LogP contribution in [0.2, 0.25) is 0 Å². The van der Waals surface area contributed by atoms with Crippen molar-refractivity contribution in [1.29, 1.82) is 0 Å². The molecule has 0 aliphatic rings. The molecule has 1 amide bonds. The van der Waals surface area contributed by atoms with Gasteiger partial charge < -0.3 is 10.8 Å². The van der Waals surface area contributed by atoms with E-state index >= 15 is 0 Å². The molecule has 0 aromatic heterocycles. The van der Waals surface area contributed by atoms with Crippen LogP contribution in [0.4, 0.5) is 0 Å². The Hall–Kier alpha value is -1.32. The van der Waals surface area contributed by atoms with Crippen molar-refractivity contribution in [1.82, 2.24) is 0 Å². The number of carbonyl (C=O) groups excluding carboxylic acids is 1. The van der Waals surface area contributed by atoms with Crippen LogP contribution in [-0.2, 0) is 9.59 Å². The number of nitrogens with two attached hydrogens (primary N) is 1. The zero-order chi connectivity index (χ0) is 8.31. The van der Waals surface area contributed by atoms with Crippen molar-refractivity contribution < 1.29 is 14.7 Å². The predicted octanol–water partition coefficient (Wildman–Crippen LogP) is -0.107. The van der Waals surface area contributed by atoms with E-state index in [0.29, 0.717) is 0 Å². The van der Waals surface area contributed by atoms with E-state index in [2.05, 4.69) is 0 Å². The molecule has 0 heterocycles. The molecule has 0 atom stereocenters. The fraction of sp³-hybridized carbons (Fsp3) is 0.333. The quantitative estimate of drug-likeness (QED) is 0.529. The van der Waals surface area contributed by atoms with Gasteiger partial charge in [0.25, 0.3) is 0 Å². The van der Waals surface area contributed by atoms with Crippen LogP contribution in [0.15, 0.2) is 11.1 Å². The van der Waals surface area contributed by atoms with E-state index < -0.39 is 11.9 Å². The summed E-state index contributed by atoms with van der Waals surface area (Å²) in [7, 11) is 0. The van der Waals surface area contributed by atoms with Crippen LogP contribution in [0.25, 0.3) is 0 Å². The third-order valence-electron chi connectivity index (χ3n) is 1.25. The maximum atomic E-state index is 10.3. The molecule has 0 aliphatic heterocycles. The molecule has 0 unspecified atom stereocenters. The van der Waals surface area contributed by atoms with Crippen molar-refractivity contribution >= 4 is 11.9 Å². The van der Waals surface area contributed by atoms with Crippen molar-refractivity contribution in [3.05, 3.63) is 11.1 Å². The highest BCUT2D eigenvalue weighted by Gasteiger charge is 2.08. The van der Waals surface area contributed by atoms with Crippen LogP contribution < -0.4 is 5.73 Å². The lowest BCUT2D eigenvalue weighted by molar-refractivity contribution is -0.133.